The van der Waals surface area contributed by atoms with Gasteiger partial charge in [0.2, 0.25) is 5.88 Å². The molecule has 6 nitrogen and oxygen atoms in total. The Hall–Kier alpha value is -3.48. The van der Waals surface area contributed by atoms with E-state index in [1.54, 1.807) is 18.3 Å². The normalized spacial score (nSPS) is 10.8. The molecule has 0 aliphatic carbocycles. The molecule has 3 aromatic heterocycles. The van der Waals surface area contributed by atoms with Crippen LogP contribution in [0.2, 0.25) is 0 Å². The third-order valence-electron chi connectivity index (χ3n) is 3.65. The van der Waals surface area contributed by atoms with Crippen molar-refractivity contribution in [3.63, 3.8) is 0 Å². The first kappa shape index (κ1) is 15.1. The number of benzene rings is 1. The molecule has 0 unspecified atom stereocenters. The molecule has 4 aromatic rings. The summed E-state index contributed by atoms with van der Waals surface area (Å²) in [5.41, 5.74) is 1.77. The Bertz CT molecular complexity index is 1000. The van der Waals surface area contributed by atoms with Gasteiger partial charge in [0.1, 0.15) is 29.4 Å². The lowest BCUT2D eigenvalue weighted by molar-refractivity contribution is 0.460. The van der Waals surface area contributed by atoms with Gasteiger partial charge in [-0.05, 0) is 42.0 Å². The van der Waals surface area contributed by atoms with E-state index in [0.717, 1.165) is 22.4 Å². The summed E-state index contributed by atoms with van der Waals surface area (Å²) >= 11 is 0. The molecule has 1 aromatic carbocycles. The third-order valence-corrected chi connectivity index (χ3v) is 3.65. The van der Waals surface area contributed by atoms with E-state index in [1.807, 2.05) is 24.4 Å². The monoisotopic (exact) mass is 335 g/mol. The number of anilines is 1. The molecule has 124 valence electrons. The first-order chi connectivity index (χ1) is 12.3. The van der Waals surface area contributed by atoms with Crippen molar-refractivity contribution >= 4 is 16.9 Å². The number of ether oxygens (including phenoxy) is 1. The molecule has 4 rings (SSSR count). The maximum Gasteiger partial charge on any atom is 0.219 e. The molecule has 0 saturated carbocycles. The second-order valence-electron chi connectivity index (χ2n) is 5.37. The molecule has 0 bridgehead atoms. The summed E-state index contributed by atoms with van der Waals surface area (Å²) in [6.07, 6.45) is 5.00. The zero-order chi connectivity index (χ0) is 17.1. The standard InChI is InChI=1S/C18H14FN5O/c19-13-1-3-14(4-2-13)25-16-9-12(5-7-20-16)10-22-18-15-6-8-21-17(15)23-11-24-18/h1-9,11H,10H2,(H2,21,22,23,24). The highest BCUT2D eigenvalue weighted by Crippen LogP contribution is 2.22. The molecule has 25 heavy (non-hydrogen) atoms. The second kappa shape index (κ2) is 6.56. The van der Waals surface area contributed by atoms with E-state index in [1.165, 1.54) is 18.5 Å². The lowest BCUT2D eigenvalue weighted by atomic mass is 10.2. The van der Waals surface area contributed by atoms with Crippen LogP contribution in [-0.4, -0.2) is 19.9 Å². The van der Waals surface area contributed by atoms with Gasteiger partial charge >= 0.3 is 0 Å². The number of pyridine rings is 1. The highest BCUT2D eigenvalue weighted by Gasteiger charge is 2.05. The first-order valence-corrected chi connectivity index (χ1v) is 7.68. The Morgan fingerprint density at radius 1 is 1.04 bits per heavy atom. The molecule has 2 N–H and O–H groups in total. The minimum Gasteiger partial charge on any atom is -0.439 e. The van der Waals surface area contributed by atoms with Gasteiger partial charge in [-0.1, -0.05) is 0 Å². The fraction of sp³-hybridized carbons (Fsp3) is 0.0556. The van der Waals surface area contributed by atoms with Crippen LogP contribution < -0.4 is 10.1 Å². The molecule has 0 saturated heterocycles. The van der Waals surface area contributed by atoms with Crippen LogP contribution >= 0.6 is 0 Å². The number of hydrogen-bond donors (Lipinski definition) is 2. The SMILES string of the molecule is Fc1ccc(Oc2cc(CNc3ncnc4[nH]ccc34)ccn2)cc1. The summed E-state index contributed by atoms with van der Waals surface area (Å²) < 4.78 is 18.6. The smallest absolute Gasteiger partial charge is 0.219 e. The van der Waals surface area contributed by atoms with Gasteiger partial charge in [0.15, 0.2) is 0 Å². The highest BCUT2D eigenvalue weighted by molar-refractivity contribution is 5.86. The number of nitrogens with zero attached hydrogens (tertiary/aromatic N) is 3. The van der Waals surface area contributed by atoms with Crippen LogP contribution in [0.3, 0.4) is 0 Å². The largest absolute Gasteiger partial charge is 0.439 e. The average Bonchev–Trinajstić information content (AvgIpc) is 3.12. The number of fused-ring (bicyclic) bond motifs is 1. The molecule has 0 fully saturated rings. The van der Waals surface area contributed by atoms with Gasteiger partial charge < -0.3 is 15.0 Å². The molecule has 0 radical (unpaired) electrons. The predicted molar refractivity (Wildman–Crippen MR) is 91.9 cm³/mol. The van der Waals surface area contributed by atoms with Crippen LogP contribution in [0.25, 0.3) is 11.0 Å². The molecule has 0 atom stereocenters. The summed E-state index contributed by atoms with van der Waals surface area (Å²) in [4.78, 5) is 15.7. The van der Waals surface area contributed by atoms with Crippen LogP contribution in [0.1, 0.15) is 5.56 Å². The molecule has 7 heteroatoms. The third kappa shape index (κ3) is 3.40. The zero-order valence-electron chi connectivity index (χ0n) is 13.1. The Morgan fingerprint density at radius 2 is 1.92 bits per heavy atom. The van der Waals surface area contributed by atoms with E-state index in [4.69, 9.17) is 4.74 Å². The maximum absolute atomic E-state index is 12.9. The molecule has 0 spiro atoms. The van der Waals surface area contributed by atoms with E-state index in [9.17, 15) is 4.39 Å². The van der Waals surface area contributed by atoms with Crippen molar-refractivity contribution in [2.75, 3.05) is 5.32 Å². The first-order valence-electron chi connectivity index (χ1n) is 7.68. The topological polar surface area (TPSA) is 75.7 Å². The Morgan fingerprint density at radius 3 is 2.80 bits per heavy atom. The Kier molecular flexibility index (Phi) is 3.96. The summed E-state index contributed by atoms with van der Waals surface area (Å²) in [5.74, 6) is 1.42. The number of hydrogen-bond acceptors (Lipinski definition) is 5. The van der Waals surface area contributed by atoms with Gasteiger partial charge in [0.05, 0.1) is 5.39 Å². The Balaban J connectivity index is 1.48. The molecule has 3 heterocycles. The fourth-order valence-corrected chi connectivity index (χ4v) is 2.44. The van der Waals surface area contributed by atoms with E-state index in [0.29, 0.717) is 18.2 Å². The average molecular weight is 335 g/mol. The van der Waals surface area contributed by atoms with Crippen LogP contribution in [0, 0.1) is 5.82 Å². The quantitative estimate of drug-likeness (QED) is 0.578. The van der Waals surface area contributed by atoms with Gasteiger partial charge in [-0.3, -0.25) is 0 Å². The molecule has 0 aliphatic rings. The predicted octanol–water partition coefficient (Wildman–Crippen LogP) is 3.90. The number of aromatic nitrogens is 4. The molecular formula is C18H14FN5O. The minimum atomic E-state index is -0.306. The zero-order valence-corrected chi connectivity index (χ0v) is 13.1. The Labute approximate surface area is 142 Å². The van der Waals surface area contributed by atoms with Crippen molar-refractivity contribution in [2.45, 2.75) is 6.54 Å². The number of halogens is 1. The van der Waals surface area contributed by atoms with E-state index in [2.05, 4.69) is 25.3 Å². The van der Waals surface area contributed by atoms with Crippen LogP contribution in [-0.2, 0) is 6.54 Å². The van der Waals surface area contributed by atoms with Crippen molar-refractivity contribution in [3.05, 3.63) is 72.6 Å². The lowest BCUT2D eigenvalue weighted by Crippen LogP contribution is -2.02. The maximum atomic E-state index is 12.9. The molecule has 0 aliphatic heterocycles. The van der Waals surface area contributed by atoms with E-state index >= 15 is 0 Å². The molecular weight excluding hydrogens is 321 g/mol. The second-order valence-corrected chi connectivity index (χ2v) is 5.37. The van der Waals surface area contributed by atoms with Gasteiger partial charge in [-0.25, -0.2) is 19.3 Å². The van der Waals surface area contributed by atoms with E-state index < -0.39 is 0 Å². The van der Waals surface area contributed by atoms with Gasteiger partial charge in [-0.2, -0.15) is 0 Å². The van der Waals surface area contributed by atoms with Crippen LogP contribution in [0.5, 0.6) is 11.6 Å². The van der Waals surface area contributed by atoms with Gasteiger partial charge in [0, 0.05) is 25.0 Å². The van der Waals surface area contributed by atoms with Gasteiger partial charge in [0.25, 0.3) is 0 Å². The lowest BCUT2D eigenvalue weighted by Gasteiger charge is -2.09. The number of rotatable bonds is 5. The summed E-state index contributed by atoms with van der Waals surface area (Å²) in [6, 6.07) is 11.5. The summed E-state index contributed by atoms with van der Waals surface area (Å²) in [5, 5.41) is 4.21. The van der Waals surface area contributed by atoms with Crippen molar-refractivity contribution in [2.24, 2.45) is 0 Å². The highest BCUT2D eigenvalue weighted by atomic mass is 19.1. The van der Waals surface area contributed by atoms with Crippen molar-refractivity contribution in [1.29, 1.82) is 0 Å². The number of nitrogens with one attached hydrogen (secondary N) is 2. The number of H-pyrrole nitrogens is 1. The number of aromatic amines is 1. The van der Waals surface area contributed by atoms with Crippen LogP contribution in [0.15, 0.2) is 61.2 Å². The summed E-state index contributed by atoms with van der Waals surface area (Å²) in [6.45, 7) is 0.555. The molecule has 0 amide bonds. The minimum absolute atomic E-state index is 0.306. The van der Waals surface area contributed by atoms with Crippen LogP contribution in [0.4, 0.5) is 10.2 Å². The van der Waals surface area contributed by atoms with Gasteiger partial charge in [-0.15, -0.1) is 0 Å². The fourth-order valence-electron chi connectivity index (χ4n) is 2.44. The van der Waals surface area contributed by atoms with Crippen molar-refractivity contribution in [1.82, 2.24) is 19.9 Å². The van der Waals surface area contributed by atoms with E-state index in [-0.39, 0.29) is 5.82 Å². The van der Waals surface area contributed by atoms with Crippen molar-refractivity contribution in [3.8, 4) is 11.6 Å². The summed E-state index contributed by atoms with van der Waals surface area (Å²) in [7, 11) is 0. The van der Waals surface area contributed by atoms with Crippen molar-refractivity contribution < 1.29 is 9.13 Å².